The van der Waals surface area contributed by atoms with Crippen LogP contribution >= 0.6 is 15.9 Å². The van der Waals surface area contributed by atoms with Gasteiger partial charge in [0.1, 0.15) is 5.82 Å². The Kier molecular flexibility index (Phi) is 4.57. The molecule has 3 rings (SSSR count). The number of nitrogens with one attached hydrogen (secondary N) is 2. The molecule has 0 radical (unpaired) electrons. The first-order valence-corrected chi connectivity index (χ1v) is 8.10. The number of para-hydroxylation sites is 1. The van der Waals surface area contributed by atoms with Crippen molar-refractivity contribution in [1.82, 2.24) is 9.97 Å². The third-order valence-corrected chi connectivity index (χ3v) is 4.11. The molecule has 0 fully saturated rings. The first-order chi connectivity index (χ1) is 11.1. The zero-order valence-corrected chi connectivity index (χ0v) is 14.6. The molecule has 1 heterocycles. The van der Waals surface area contributed by atoms with Crippen molar-refractivity contribution < 1.29 is 0 Å². The Balaban J connectivity index is 1.81. The Morgan fingerprint density at radius 2 is 1.74 bits per heavy atom. The molecule has 0 aliphatic carbocycles. The lowest BCUT2D eigenvalue weighted by Gasteiger charge is -2.11. The van der Waals surface area contributed by atoms with Crippen LogP contribution in [0, 0.1) is 13.8 Å². The summed E-state index contributed by atoms with van der Waals surface area (Å²) in [4.78, 5) is 8.80. The predicted octanol–water partition coefficient (Wildman–Crippen LogP) is 5.34. The van der Waals surface area contributed by atoms with Gasteiger partial charge < -0.3 is 10.6 Å². The van der Waals surface area contributed by atoms with Crippen molar-refractivity contribution in [3.63, 3.8) is 0 Å². The second-order valence-electron chi connectivity index (χ2n) is 5.31. The third-order valence-electron chi connectivity index (χ3n) is 3.42. The molecule has 3 aromatic rings. The molecule has 0 bridgehead atoms. The molecule has 116 valence electrons. The Bertz CT molecular complexity index is 833. The van der Waals surface area contributed by atoms with E-state index < -0.39 is 0 Å². The summed E-state index contributed by atoms with van der Waals surface area (Å²) >= 11 is 3.52. The van der Waals surface area contributed by atoms with Gasteiger partial charge in [0.2, 0.25) is 5.95 Å². The maximum Gasteiger partial charge on any atom is 0.229 e. The van der Waals surface area contributed by atoms with Gasteiger partial charge in [-0.3, -0.25) is 0 Å². The van der Waals surface area contributed by atoms with Gasteiger partial charge in [0.05, 0.1) is 5.69 Å². The highest BCUT2D eigenvalue weighted by atomic mass is 79.9. The van der Waals surface area contributed by atoms with E-state index in [-0.39, 0.29) is 0 Å². The van der Waals surface area contributed by atoms with E-state index in [1.165, 1.54) is 5.56 Å². The first-order valence-electron chi connectivity index (χ1n) is 7.31. The van der Waals surface area contributed by atoms with E-state index in [4.69, 9.17) is 0 Å². The molecule has 0 saturated heterocycles. The fourth-order valence-electron chi connectivity index (χ4n) is 2.26. The predicted molar refractivity (Wildman–Crippen MR) is 98.7 cm³/mol. The topological polar surface area (TPSA) is 49.8 Å². The van der Waals surface area contributed by atoms with Gasteiger partial charge in [-0.25, -0.2) is 4.98 Å². The number of nitrogens with zero attached hydrogens (tertiary/aromatic N) is 2. The first kappa shape index (κ1) is 15.5. The lowest BCUT2D eigenvalue weighted by molar-refractivity contribution is 1.16. The van der Waals surface area contributed by atoms with Crippen molar-refractivity contribution in [2.24, 2.45) is 0 Å². The Morgan fingerprint density at radius 3 is 2.52 bits per heavy atom. The van der Waals surface area contributed by atoms with E-state index in [1.807, 2.05) is 36.4 Å². The number of hydrogen-bond acceptors (Lipinski definition) is 4. The molecule has 0 aliphatic rings. The van der Waals surface area contributed by atoms with E-state index in [0.29, 0.717) is 5.95 Å². The molecule has 0 spiro atoms. The highest BCUT2D eigenvalue weighted by molar-refractivity contribution is 9.10. The number of benzene rings is 2. The van der Waals surface area contributed by atoms with Crippen LogP contribution in [0.15, 0.2) is 59.2 Å². The monoisotopic (exact) mass is 368 g/mol. The van der Waals surface area contributed by atoms with Crippen LogP contribution in [0.5, 0.6) is 0 Å². The number of anilines is 4. The maximum absolute atomic E-state index is 4.51. The van der Waals surface area contributed by atoms with Crippen LogP contribution in [0.2, 0.25) is 0 Å². The molecule has 1 aromatic heterocycles. The number of rotatable bonds is 4. The molecule has 4 nitrogen and oxygen atoms in total. The summed E-state index contributed by atoms with van der Waals surface area (Å²) in [6, 6.07) is 16.0. The molecule has 0 amide bonds. The Labute approximate surface area is 144 Å². The van der Waals surface area contributed by atoms with Crippen molar-refractivity contribution >= 4 is 39.1 Å². The van der Waals surface area contributed by atoms with Crippen molar-refractivity contribution in [3.05, 3.63) is 70.3 Å². The van der Waals surface area contributed by atoms with Crippen LogP contribution in [0.4, 0.5) is 23.1 Å². The number of hydrogen-bond donors (Lipinski definition) is 2. The molecule has 0 atom stereocenters. The third kappa shape index (κ3) is 3.87. The van der Waals surface area contributed by atoms with Crippen molar-refractivity contribution in [1.29, 1.82) is 0 Å². The average Bonchev–Trinajstić information content (AvgIpc) is 2.53. The van der Waals surface area contributed by atoms with Crippen LogP contribution in [0.25, 0.3) is 0 Å². The summed E-state index contributed by atoms with van der Waals surface area (Å²) in [7, 11) is 0. The van der Waals surface area contributed by atoms with Gasteiger partial charge in [0.15, 0.2) is 0 Å². The molecule has 0 aliphatic heterocycles. The van der Waals surface area contributed by atoms with Crippen molar-refractivity contribution in [3.8, 4) is 0 Å². The molecule has 2 aromatic carbocycles. The standard InChI is InChI=1S/C18H17BrN4/c1-12-7-8-15(13(2)11-12)22-18-20-10-9-17(23-18)21-16-6-4-3-5-14(16)19/h3-11H,1-2H3,(H2,20,21,22,23). The lowest BCUT2D eigenvalue weighted by Crippen LogP contribution is -2.01. The zero-order valence-electron chi connectivity index (χ0n) is 13.0. The van der Waals surface area contributed by atoms with Gasteiger partial charge in [-0.15, -0.1) is 0 Å². The molecule has 2 N–H and O–H groups in total. The van der Waals surface area contributed by atoms with E-state index in [2.05, 4.69) is 62.5 Å². The summed E-state index contributed by atoms with van der Waals surface area (Å²) in [6.45, 7) is 4.15. The molecular weight excluding hydrogens is 352 g/mol. The van der Waals surface area contributed by atoms with Crippen LogP contribution in [-0.4, -0.2) is 9.97 Å². The highest BCUT2D eigenvalue weighted by Crippen LogP contribution is 2.25. The average molecular weight is 369 g/mol. The van der Waals surface area contributed by atoms with Gasteiger partial charge in [-0.1, -0.05) is 29.8 Å². The van der Waals surface area contributed by atoms with Gasteiger partial charge in [0.25, 0.3) is 0 Å². The van der Waals surface area contributed by atoms with E-state index >= 15 is 0 Å². The van der Waals surface area contributed by atoms with Crippen LogP contribution in [0.1, 0.15) is 11.1 Å². The summed E-state index contributed by atoms with van der Waals surface area (Å²) < 4.78 is 0.988. The molecular formula is C18H17BrN4. The highest BCUT2D eigenvalue weighted by Gasteiger charge is 2.04. The minimum atomic E-state index is 0.564. The van der Waals surface area contributed by atoms with E-state index in [9.17, 15) is 0 Å². The van der Waals surface area contributed by atoms with Crippen LogP contribution in [-0.2, 0) is 0 Å². The van der Waals surface area contributed by atoms with Crippen LogP contribution < -0.4 is 10.6 Å². The summed E-state index contributed by atoms with van der Waals surface area (Å²) in [5.41, 5.74) is 4.37. The van der Waals surface area contributed by atoms with Crippen molar-refractivity contribution in [2.45, 2.75) is 13.8 Å². The largest absolute Gasteiger partial charge is 0.339 e. The van der Waals surface area contributed by atoms with Gasteiger partial charge >= 0.3 is 0 Å². The quantitative estimate of drug-likeness (QED) is 0.652. The normalized spacial score (nSPS) is 10.4. The minimum absolute atomic E-state index is 0.564. The van der Waals surface area contributed by atoms with Gasteiger partial charge in [-0.05, 0) is 59.6 Å². The summed E-state index contributed by atoms with van der Waals surface area (Å²) in [5.74, 6) is 1.30. The summed E-state index contributed by atoms with van der Waals surface area (Å²) in [6.07, 6.45) is 1.73. The van der Waals surface area contributed by atoms with Crippen LogP contribution in [0.3, 0.4) is 0 Å². The molecule has 23 heavy (non-hydrogen) atoms. The molecule has 5 heteroatoms. The van der Waals surface area contributed by atoms with Gasteiger partial charge in [0, 0.05) is 16.4 Å². The minimum Gasteiger partial charge on any atom is -0.339 e. The smallest absolute Gasteiger partial charge is 0.229 e. The van der Waals surface area contributed by atoms with Crippen molar-refractivity contribution in [2.75, 3.05) is 10.6 Å². The summed E-state index contributed by atoms with van der Waals surface area (Å²) in [5, 5.41) is 6.55. The van der Waals surface area contributed by atoms with E-state index in [1.54, 1.807) is 6.20 Å². The number of aryl methyl sites for hydroxylation is 2. The fraction of sp³-hybridized carbons (Fsp3) is 0.111. The second kappa shape index (κ2) is 6.79. The SMILES string of the molecule is Cc1ccc(Nc2nccc(Nc3ccccc3Br)n2)c(C)c1. The number of halogens is 1. The van der Waals surface area contributed by atoms with Gasteiger partial charge in [-0.2, -0.15) is 4.98 Å². The Morgan fingerprint density at radius 1 is 0.913 bits per heavy atom. The Hall–Kier alpha value is -2.40. The maximum atomic E-state index is 4.51. The second-order valence-corrected chi connectivity index (χ2v) is 6.17. The molecule has 0 unspecified atom stereocenters. The lowest BCUT2D eigenvalue weighted by atomic mass is 10.1. The number of aromatic nitrogens is 2. The van der Waals surface area contributed by atoms with E-state index in [0.717, 1.165) is 27.2 Å². The molecule has 0 saturated carbocycles. The zero-order chi connectivity index (χ0) is 16.2. The fourth-order valence-corrected chi connectivity index (χ4v) is 2.65.